The van der Waals surface area contributed by atoms with Crippen molar-refractivity contribution in [3.63, 3.8) is 0 Å². The summed E-state index contributed by atoms with van der Waals surface area (Å²) in [7, 11) is 0. The topological polar surface area (TPSA) is 50.4 Å². The van der Waals surface area contributed by atoms with Crippen molar-refractivity contribution in [3.05, 3.63) is 0 Å². The molecule has 2 aliphatic heterocycles. The summed E-state index contributed by atoms with van der Waals surface area (Å²) in [4.78, 5) is 11.8. The van der Waals surface area contributed by atoms with Gasteiger partial charge in [-0.25, -0.2) is 0 Å². The summed E-state index contributed by atoms with van der Waals surface area (Å²) in [6.07, 6.45) is 6.60. The molecular formula is C14H26N2O2. The number of piperidine rings is 1. The Morgan fingerprint density at radius 2 is 2.06 bits per heavy atom. The molecule has 2 unspecified atom stereocenters. The van der Waals surface area contributed by atoms with Crippen LogP contribution >= 0.6 is 0 Å². The van der Waals surface area contributed by atoms with Crippen LogP contribution < -0.4 is 10.6 Å². The summed E-state index contributed by atoms with van der Waals surface area (Å²) in [5.41, 5.74) is 0. The average Bonchev–Trinajstić information content (AvgIpc) is 2.68. The van der Waals surface area contributed by atoms with Gasteiger partial charge in [0.25, 0.3) is 0 Å². The molecule has 4 nitrogen and oxygen atoms in total. The normalized spacial score (nSPS) is 30.4. The van der Waals surface area contributed by atoms with Crippen LogP contribution in [0.3, 0.4) is 0 Å². The van der Waals surface area contributed by atoms with E-state index in [1.54, 1.807) is 0 Å². The minimum Gasteiger partial charge on any atom is -0.382 e. The molecule has 2 saturated heterocycles. The molecule has 0 aromatic heterocycles. The lowest BCUT2D eigenvalue weighted by Gasteiger charge is -2.28. The van der Waals surface area contributed by atoms with Crippen LogP contribution in [0.1, 0.15) is 45.4 Å². The number of amides is 1. The third kappa shape index (κ3) is 4.25. The highest BCUT2D eigenvalue weighted by Crippen LogP contribution is 2.32. The van der Waals surface area contributed by atoms with Crippen LogP contribution in [0.2, 0.25) is 0 Å². The van der Waals surface area contributed by atoms with Crippen LogP contribution in [0, 0.1) is 5.92 Å². The first-order chi connectivity index (χ1) is 8.78. The van der Waals surface area contributed by atoms with Crippen molar-refractivity contribution in [2.45, 2.75) is 57.5 Å². The van der Waals surface area contributed by atoms with E-state index in [1.165, 1.54) is 25.7 Å². The molecule has 2 fully saturated rings. The minimum atomic E-state index is 0.220. The summed E-state index contributed by atoms with van der Waals surface area (Å²) in [5.74, 6) is 0.813. The van der Waals surface area contributed by atoms with Crippen LogP contribution in [0.4, 0.5) is 0 Å². The predicted octanol–water partition coefficient (Wildman–Crippen LogP) is 1.45. The highest BCUT2D eigenvalue weighted by atomic mass is 16.5. The van der Waals surface area contributed by atoms with Crippen molar-refractivity contribution in [2.24, 2.45) is 5.92 Å². The summed E-state index contributed by atoms with van der Waals surface area (Å²) >= 11 is 0. The SMILES string of the molecule is CCOCCCNC(=O)CC1CC2CCC(C1)N2. The highest BCUT2D eigenvalue weighted by Gasteiger charge is 2.33. The van der Waals surface area contributed by atoms with Gasteiger partial charge in [-0.2, -0.15) is 0 Å². The van der Waals surface area contributed by atoms with E-state index < -0.39 is 0 Å². The van der Waals surface area contributed by atoms with E-state index in [1.807, 2.05) is 6.92 Å². The van der Waals surface area contributed by atoms with Crippen molar-refractivity contribution < 1.29 is 9.53 Å². The quantitative estimate of drug-likeness (QED) is 0.676. The molecule has 2 heterocycles. The van der Waals surface area contributed by atoms with Crippen LogP contribution in [0.25, 0.3) is 0 Å². The maximum Gasteiger partial charge on any atom is 0.220 e. The molecule has 2 aliphatic rings. The summed E-state index contributed by atoms with van der Waals surface area (Å²) in [5, 5.41) is 6.61. The molecule has 4 heteroatoms. The van der Waals surface area contributed by atoms with E-state index in [4.69, 9.17) is 4.74 Å². The van der Waals surface area contributed by atoms with Crippen molar-refractivity contribution in [2.75, 3.05) is 19.8 Å². The Bertz CT molecular complexity index is 259. The molecular weight excluding hydrogens is 228 g/mol. The van der Waals surface area contributed by atoms with Crippen molar-refractivity contribution in [3.8, 4) is 0 Å². The second-order valence-corrected chi connectivity index (χ2v) is 5.58. The smallest absolute Gasteiger partial charge is 0.220 e. The standard InChI is InChI=1S/C14H26N2O2/c1-2-18-7-3-6-15-14(17)10-11-8-12-4-5-13(9-11)16-12/h11-13,16H,2-10H2,1H3,(H,15,17). The first-order valence-electron chi connectivity index (χ1n) is 7.38. The largest absolute Gasteiger partial charge is 0.382 e. The van der Waals surface area contributed by atoms with Crippen molar-refractivity contribution in [1.29, 1.82) is 0 Å². The lowest BCUT2D eigenvalue weighted by atomic mass is 9.89. The number of carbonyl (C=O) groups is 1. The lowest BCUT2D eigenvalue weighted by molar-refractivity contribution is -0.122. The molecule has 0 aromatic rings. The Morgan fingerprint density at radius 3 is 2.72 bits per heavy atom. The number of hydrogen-bond acceptors (Lipinski definition) is 3. The van der Waals surface area contributed by atoms with Gasteiger partial charge in [0.1, 0.15) is 0 Å². The maximum absolute atomic E-state index is 11.8. The predicted molar refractivity (Wildman–Crippen MR) is 71.4 cm³/mol. The third-order valence-corrected chi connectivity index (χ3v) is 4.04. The van der Waals surface area contributed by atoms with Gasteiger partial charge in [0.2, 0.25) is 5.91 Å². The van der Waals surface area contributed by atoms with E-state index in [0.29, 0.717) is 24.4 Å². The first kappa shape index (κ1) is 13.8. The van der Waals surface area contributed by atoms with Gasteiger partial charge in [-0.1, -0.05) is 0 Å². The zero-order chi connectivity index (χ0) is 12.8. The van der Waals surface area contributed by atoms with Crippen LogP contribution in [0.15, 0.2) is 0 Å². The zero-order valence-electron chi connectivity index (χ0n) is 11.4. The minimum absolute atomic E-state index is 0.220. The number of fused-ring (bicyclic) bond motifs is 2. The highest BCUT2D eigenvalue weighted by molar-refractivity contribution is 5.76. The average molecular weight is 254 g/mol. The monoisotopic (exact) mass is 254 g/mol. The van der Waals surface area contributed by atoms with Gasteiger partial charge in [-0.05, 0) is 44.9 Å². The summed E-state index contributed by atoms with van der Waals surface area (Å²) in [6.45, 7) is 4.24. The number of ether oxygens (including phenoxy) is 1. The fraction of sp³-hybridized carbons (Fsp3) is 0.929. The Hall–Kier alpha value is -0.610. The Labute approximate surface area is 110 Å². The van der Waals surface area contributed by atoms with Crippen molar-refractivity contribution in [1.82, 2.24) is 10.6 Å². The Kier molecular flexibility index (Phi) is 5.45. The second kappa shape index (κ2) is 7.10. The molecule has 0 aromatic carbocycles. The van der Waals surface area contributed by atoms with Gasteiger partial charge in [-0.3, -0.25) is 4.79 Å². The summed E-state index contributed by atoms with van der Waals surface area (Å²) < 4.78 is 5.24. The van der Waals surface area contributed by atoms with Crippen LogP contribution in [-0.4, -0.2) is 37.7 Å². The van der Waals surface area contributed by atoms with Gasteiger partial charge >= 0.3 is 0 Å². The zero-order valence-corrected chi connectivity index (χ0v) is 11.4. The first-order valence-corrected chi connectivity index (χ1v) is 7.38. The Balaban J connectivity index is 1.57. The van der Waals surface area contributed by atoms with Crippen LogP contribution in [0.5, 0.6) is 0 Å². The number of hydrogen-bond donors (Lipinski definition) is 2. The molecule has 2 bridgehead atoms. The van der Waals surface area contributed by atoms with Gasteiger partial charge < -0.3 is 15.4 Å². The molecule has 0 aliphatic carbocycles. The van der Waals surface area contributed by atoms with E-state index >= 15 is 0 Å². The van der Waals surface area contributed by atoms with Gasteiger partial charge in [0.15, 0.2) is 0 Å². The second-order valence-electron chi connectivity index (χ2n) is 5.58. The molecule has 0 spiro atoms. The van der Waals surface area contributed by atoms with Crippen molar-refractivity contribution >= 4 is 5.91 Å². The van der Waals surface area contributed by atoms with E-state index in [-0.39, 0.29) is 5.91 Å². The van der Waals surface area contributed by atoms with E-state index in [0.717, 1.165) is 26.2 Å². The fourth-order valence-corrected chi connectivity index (χ4v) is 3.22. The number of rotatable bonds is 7. The van der Waals surface area contributed by atoms with E-state index in [2.05, 4.69) is 10.6 Å². The lowest BCUT2D eigenvalue weighted by Crippen LogP contribution is -2.39. The van der Waals surface area contributed by atoms with Gasteiger partial charge in [-0.15, -0.1) is 0 Å². The fourth-order valence-electron chi connectivity index (χ4n) is 3.22. The molecule has 104 valence electrons. The van der Waals surface area contributed by atoms with Gasteiger partial charge in [0, 0.05) is 38.3 Å². The number of nitrogens with one attached hydrogen (secondary N) is 2. The molecule has 0 radical (unpaired) electrons. The third-order valence-electron chi connectivity index (χ3n) is 4.04. The van der Waals surface area contributed by atoms with E-state index in [9.17, 15) is 4.79 Å². The van der Waals surface area contributed by atoms with Gasteiger partial charge in [0.05, 0.1) is 0 Å². The molecule has 2 rings (SSSR count). The summed E-state index contributed by atoms with van der Waals surface area (Å²) in [6, 6.07) is 1.36. The van der Waals surface area contributed by atoms with Crippen LogP contribution in [-0.2, 0) is 9.53 Å². The molecule has 0 saturated carbocycles. The molecule has 1 amide bonds. The Morgan fingerprint density at radius 1 is 1.33 bits per heavy atom. The molecule has 2 N–H and O–H groups in total. The molecule has 2 atom stereocenters. The molecule has 18 heavy (non-hydrogen) atoms. The number of carbonyl (C=O) groups excluding carboxylic acids is 1. The maximum atomic E-state index is 11.8.